The van der Waals surface area contributed by atoms with Gasteiger partial charge < -0.3 is 4.42 Å². The van der Waals surface area contributed by atoms with Gasteiger partial charge in [0.2, 0.25) is 0 Å². The molecule has 0 N–H and O–H groups in total. The zero-order valence-electron chi connectivity index (χ0n) is 12.9. The predicted molar refractivity (Wildman–Crippen MR) is 94.0 cm³/mol. The van der Waals surface area contributed by atoms with Crippen molar-refractivity contribution in [1.29, 1.82) is 0 Å². The minimum Gasteiger partial charge on any atom is -0.461 e. The summed E-state index contributed by atoms with van der Waals surface area (Å²) in [5, 5.41) is 1.45. The van der Waals surface area contributed by atoms with E-state index in [1.165, 1.54) is 0 Å². The summed E-state index contributed by atoms with van der Waals surface area (Å²) in [5.74, 6) is 1.34. The van der Waals surface area contributed by atoms with Crippen molar-refractivity contribution in [2.75, 3.05) is 6.54 Å². The molecule has 0 saturated heterocycles. The fraction of sp³-hybridized carbons (Fsp3) is 0.222. The second-order valence-electron chi connectivity index (χ2n) is 5.84. The lowest BCUT2D eigenvalue weighted by molar-refractivity contribution is 0.243. The van der Waals surface area contributed by atoms with Gasteiger partial charge in [-0.1, -0.05) is 23.2 Å². The normalized spacial score (nSPS) is 14.6. The lowest BCUT2D eigenvalue weighted by Gasteiger charge is -2.28. The molecule has 2 aromatic heterocycles. The fourth-order valence-corrected chi connectivity index (χ4v) is 3.31. The molecule has 4 nitrogen and oxygen atoms in total. The second-order valence-corrected chi connectivity index (χ2v) is 6.68. The summed E-state index contributed by atoms with van der Waals surface area (Å²) in [5.41, 5.74) is 3.28. The second kappa shape index (κ2) is 6.55. The van der Waals surface area contributed by atoms with E-state index in [2.05, 4.69) is 14.9 Å². The van der Waals surface area contributed by atoms with E-state index < -0.39 is 0 Å². The Morgan fingerprint density at radius 3 is 2.96 bits per heavy atom. The average Bonchev–Trinajstić information content (AvgIpc) is 3.12. The Morgan fingerprint density at radius 2 is 2.12 bits per heavy atom. The quantitative estimate of drug-likeness (QED) is 0.685. The Hall–Kier alpha value is -1.88. The van der Waals surface area contributed by atoms with Crippen LogP contribution in [-0.4, -0.2) is 21.4 Å². The van der Waals surface area contributed by atoms with E-state index >= 15 is 0 Å². The van der Waals surface area contributed by atoms with Gasteiger partial charge in [0, 0.05) is 47.9 Å². The Bertz CT molecular complexity index is 865. The molecule has 0 aliphatic carbocycles. The Morgan fingerprint density at radius 1 is 1.21 bits per heavy atom. The standard InChI is InChI=1S/C18H15Cl2N3O/c19-14-3-4-15(20)12(8-14)10-23-6-5-16-13(11-23)9-21-18(22-16)17-2-1-7-24-17/h1-4,7-9H,5-6,10-11H2. The number of rotatable bonds is 3. The van der Waals surface area contributed by atoms with Crippen molar-refractivity contribution in [3.8, 4) is 11.6 Å². The van der Waals surface area contributed by atoms with Crippen molar-refractivity contribution in [3.05, 3.63) is 69.7 Å². The number of nitrogens with zero attached hydrogens (tertiary/aromatic N) is 3. The molecular formula is C18H15Cl2N3O. The predicted octanol–water partition coefficient (Wildman–Crippen LogP) is 4.60. The minimum atomic E-state index is 0.644. The van der Waals surface area contributed by atoms with Gasteiger partial charge in [-0.15, -0.1) is 0 Å². The van der Waals surface area contributed by atoms with Crippen molar-refractivity contribution < 1.29 is 4.42 Å². The van der Waals surface area contributed by atoms with Crippen molar-refractivity contribution in [3.63, 3.8) is 0 Å². The van der Waals surface area contributed by atoms with Gasteiger partial charge >= 0.3 is 0 Å². The summed E-state index contributed by atoms with van der Waals surface area (Å²) in [7, 11) is 0. The SMILES string of the molecule is Clc1ccc(Cl)c(CN2CCc3nc(-c4ccco4)ncc3C2)c1. The first-order chi connectivity index (χ1) is 11.7. The van der Waals surface area contributed by atoms with Crippen molar-refractivity contribution in [1.82, 2.24) is 14.9 Å². The maximum Gasteiger partial charge on any atom is 0.195 e. The van der Waals surface area contributed by atoms with E-state index in [9.17, 15) is 0 Å². The first-order valence-electron chi connectivity index (χ1n) is 7.74. The summed E-state index contributed by atoms with van der Waals surface area (Å²) in [6.07, 6.45) is 4.41. The van der Waals surface area contributed by atoms with Crippen LogP contribution in [0, 0.1) is 0 Å². The van der Waals surface area contributed by atoms with Crippen LogP contribution in [0.2, 0.25) is 10.0 Å². The Kier molecular flexibility index (Phi) is 4.27. The molecule has 0 saturated carbocycles. The van der Waals surface area contributed by atoms with Crippen LogP contribution < -0.4 is 0 Å². The van der Waals surface area contributed by atoms with Gasteiger partial charge in [0.1, 0.15) is 0 Å². The monoisotopic (exact) mass is 359 g/mol. The molecular weight excluding hydrogens is 345 g/mol. The van der Waals surface area contributed by atoms with Gasteiger partial charge in [-0.3, -0.25) is 4.90 Å². The van der Waals surface area contributed by atoms with Crippen LogP contribution >= 0.6 is 23.2 Å². The van der Waals surface area contributed by atoms with Crippen LogP contribution in [-0.2, 0) is 19.5 Å². The number of halogens is 2. The van der Waals surface area contributed by atoms with E-state index in [4.69, 9.17) is 27.6 Å². The summed E-state index contributed by atoms with van der Waals surface area (Å²) >= 11 is 12.3. The van der Waals surface area contributed by atoms with E-state index in [1.54, 1.807) is 6.26 Å². The molecule has 3 aromatic rings. The van der Waals surface area contributed by atoms with E-state index in [1.807, 2.05) is 36.5 Å². The number of hydrogen-bond donors (Lipinski definition) is 0. The first kappa shape index (κ1) is 15.6. The molecule has 122 valence electrons. The molecule has 1 aliphatic heterocycles. The lowest BCUT2D eigenvalue weighted by atomic mass is 10.1. The number of furan rings is 1. The minimum absolute atomic E-state index is 0.644. The van der Waals surface area contributed by atoms with Crippen LogP contribution in [0.4, 0.5) is 0 Å². The first-order valence-corrected chi connectivity index (χ1v) is 8.49. The zero-order valence-corrected chi connectivity index (χ0v) is 14.4. The molecule has 1 aliphatic rings. The third-order valence-electron chi connectivity index (χ3n) is 4.16. The Labute approximate surface area is 150 Å². The maximum atomic E-state index is 6.27. The smallest absolute Gasteiger partial charge is 0.195 e. The largest absolute Gasteiger partial charge is 0.461 e. The highest BCUT2D eigenvalue weighted by molar-refractivity contribution is 6.33. The summed E-state index contributed by atoms with van der Waals surface area (Å²) in [6.45, 7) is 2.49. The summed E-state index contributed by atoms with van der Waals surface area (Å²) in [4.78, 5) is 11.4. The number of hydrogen-bond acceptors (Lipinski definition) is 4. The fourth-order valence-electron chi connectivity index (χ4n) is 2.94. The third-order valence-corrected chi connectivity index (χ3v) is 4.76. The molecule has 24 heavy (non-hydrogen) atoms. The van der Waals surface area contributed by atoms with E-state index in [0.717, 1.165) is 47.9 Å². The highest BCUT2D eigenvalue weighted by atomic mass is 35.5. The van der Waals surface area contributed by atoms with Gasteiger partial charge in [0.15, 0.2) is 11.6 Å². The highest BCUT2D eigenvalue weighted by Crippen LogP contribution is 2.26. The van der Waals surface area contributed by atoms with Crippen molar-refractivity contribution >= 4 is 23.2 Å². The summed E-state index contributed by atoms with van der Waals surface area (Å²) < 4.78 is 5.37. The molecule has 0 amide bonds. The Balaban J connectivity index is 1.53. The molecule has 3 heterocycles. The molecule has 0 unspecified atom stereocenters. The van der Waals surface area contributed by atoms with Crippen LogP contribution in [0.5, 0.6) is 0 Å². The van der Waals surface area contributed by atoms with Crippen LogP contribution in [0.3, 0.4) is 0 Å². The molecule has 0 atom stereocenters. The van der Waals surface area contributed by atoms with Gasteiger partial charge in [-0.05, 0) is 35.9 Å². The zero-order chi connectivity index (χ0) is 16.5. The van der Waals surface area contributed by atoms with Crippen LogP contribution in [0.25, 0.3) is 11.6 Å². The van der Waals surface area contributed by atoms with Crippen LogP contribution in [0.1, 0.15) is 16.8 Å². The van der Waals surface area contributed by atoms with Gasteiger partial charge in [-0.2, -0.15) is 0 Å². The van der Waals surface area contributed by atoms with E-state index in [0.29, 0.717) is 16.6 Å². The molecule has 1 aromatic carbocycles. The molecule has 0 bridgehead atoms. The molecule has 6 heteroatoms. The molecule has 0 fully saturated rings. The molecule has 0 spiro atoms. The van der Waals surface area contributed by atoms with Crippen LogP contribution in [0.15, 0.2) is 47.2 Å². The number of benzene rings is 1. The number of aromatic nitrogens is 2. The maximum absolute atomic E-state index is 6.27. The third kappa shape index (κ3) is 3.18. The molecule has 4 rings (SSSR count). The topological polar surface area (TPSA) is 42.2 Å². The average molecular weight is 360 g/mol. The van der Waals surface area contributed by atoms with Gasteiger partial charge in [-0.25, -0.2) is 9.97 Å². The van der Waals surface area contributed by atoms with Gasteiger partial charge in [0.05, 0.1) is 12.0 Å². The highest BCUT2D eigenvalue weighted by Gasteiger charge is 2.20. The number of fused-ring (bicyclic) bond motifs is 1. The summed E-state index contributed by atoms with van der Waals surface area (Å²) in [6, 6.07) is 9.29. The van der Waals surface area contributed by atoms with Gasteiger partial charge in [0.25, 0.3) is 0 Å². The van der Waals surface area contributed by atoms with E-state index in [-0.39, 0.29) is 0 Å². The van der Waals surface area contributed by atoms with Crippen molar-refractivity contribution in [2.24, 2.45) is 0 Å². The molecule has 0 radical (unpaired) electrons. The van der Waals surface area contributed by atoms with Crippen molar-refractivity contribution in [2.45, 2.75) is 19.5 Å². The lowest BCUT2D eigenvalue weighted by Crippen LogP contribution is -2.31.